The fourth-order valence-electron chi connectivity index (χ4n) is 3.97. The molecule has 0 aliphatic carbocycles. The Morgan fingerprint density at radius 1 is 0.868 bits per heavy atom. The number of barbiturate groups is 1. The molecule has 38 heavy (non-hydrogen) atoms. The van der Waals surface area contributed by atoms with Crippen molar-refractivity contribution in [3.63, 3.8) is 0 Å². The smallest absolute Gasteiger partial charge is 0.335 e. The fourth-order valence-corrected chi connectivity index (χ4v) is 4.10. The molecule has 1 heterocycles. The maximum Gasteiger partial charge on any atom is 0.335 e. The van der Waals surface area contributed by atoms with E-state index in [1.807, 2.05) is 39.0 Å². The Morgan fingerprint density at radius 2 is 1.55 bits per heavy atom. The lowest BCUT2D eigenvalue weighted by atomic mass is 10.1. The van der Waals surface area contributed by atoms with E-state index in [4.69, 9.17) is 25.8 Å². The van der Waals surface area contributed by atoms with Crippen LogP contribution in [0.5, 0.6) is 17.2 Å². The van der Waals surface area contributed by atoms with Gasteiger partial charge in [-0.3, -0.25) is 14.9 Å². The molecule has 0 bridgehead atoms. The second kappa shape index (κ2) is 11.8. The number of hydrogen-bond acceptors (Lipinski definition) is 6. The standard InChI is InChI=1S/C29H27ClN2O6/c1-4-36-25-17-20(8-13-24(25)37-14-15-38-26-18(2)6-5-7-19(26)3)16-23-27(33)31-29(35)32(28(23)34)22-11-9-21(30)10-12-22/h5-13,16-17H,4,14-15H2,1-3H3,(H,31,33,35)/b23-16+. The van der Waals surface area contributed by atoms with Crippen LogP contribution >= 0.6 is 11.6 Å². The number of ether oxygens (including phenoxy) is 3. The maximum absolute atomic E-state index is 13.1. The zero-order valence-corrected chi connectivity index (χ0v) is 22.0. The van der Waals surface area contributed by atoms with Crippen LogP contribution in [0.4, 0.5) is 10.5 Å². The molecule has 1 N–H and O–H groups in total. The highest BCUT2D eigenvalue weighted by Gasteiger charge is 2.36. The zero-order valence-electron chi connectivity index (χ0n) is 21.2. The van der Waals surface area contributed by atoms with Crippen molar-refractivity contribution in [3.05, 3.63) is 87.9 Å². The largest absolute Gasteiger partial charge is 0.490 e. The van der Waals surface area contributed by atoms with E-state index >= 15 is 0 Å². The van der Waals surface area contributed by atoms with E-state index in [9.17, 15) is 14.4 Å². The van der Waals surface area contributed by atoms with Crippen molar-refractivity contribution in [2.24, 2.45) is 0 Å². The highest BCUT2D eigenvalue weighted by Crippen LogP contribution is 2.31. The van der Waals surface area contributed by atoms with Crippen LogP contribution in [-0.2, 0) is 9.59 Å². The lowest BCUT2D eigenvalue weighted by Gasteiger charge is -2.26. The third-order valence-corrected chi connectivity index (χ3v) is 6.01. The lowest BCUT2D eigenvalue weighted by molar-refractivity contribution is -0.122. The van der Waals surface area contributed by atoms with Crippen LogP contribution < -0.4 is 24.4 Å². The molecule has 0 spiro atoms. The van der Waals surface area contributed by atoms with Crippen LogP contribution in [0.2, 0.25) is 5.02 Å². The number of amides is 4. The molecule has 8 nitrogen and oxygen atoms in total. The molecule has 1 aliphatic rings. The predicted molar refractivity (Wildman–Crippen MR) is 145 cm³/mol. The van der Waals surface area contributed by atoms with Crippen molar-refractivity contribution in [2.45, 2.75) is 20.8 Å². The molecule has 1 aliphatic heterocycles. The summed E-state index contributed by atoms with van der Waals surface area (Å²) in [6.07, 6.45) is 1.41. The molecule has 4 amide bonds. The summed E-state index contributed by atoms with van der Waals surface area (Å²) in [5, 5.41) is 2.66. The number of carbonyl (C=O) groups excluding carboxylic acids is 3. The molecule has 0 unspecified atom stereocenters. The molecular formula is C29H27ClN2O6. The van der Waals surface area contributed by atoms with E-state index in [1.54, 1.807) is 30.3 Å². The van der Waals surface area contributed by atoms with Crippen molar-refractivity contribution in [1.29, 1.82) is 0 Å². The van der Waals surface area contributed by atoms with Crippen molar-refractivity contribution in [1.82, 2.24) is 5.32 Å². The number of carbonyl (C=O) groups is 3. The summed E-state index contributed by atoms with van der Waals surface area (Å²) in [6, 6.07) is 16.4. The first-order valence-electron chi connectivity index (χ1n) is 12.0. The van der Waals surface area contributed by atoms with Gasteiger partial charge in [-0.05, 0) is 79.9 Å². The second-order valence-corrected chi connectivity index (χ2v) is 8.93. The molecule has 0 radical (unpaired) electrons. The Labute approximate surface area is 225 Å². The van der Waals surface area contributed by atoms with Gasteiger partial charge in [0.2, 0.25) is 0 Å². The number of aryl methyl sites for hydroxylation is 2. The summed E-state index contributed by atoms with van der Waals surface area (Å²) in [4.78, 5) is 38.9. The Kier molecular flexibility index (Phi) is 8.33. The van der Waals surface area contributed by atoms with E-state index in [-0.39, 0.29) is 17.9 Å². The Bertz CT molecular complexity index is 1380. The highest BCUT2D eigenvalue weighted by atomic mass is 35.5. The fraction of sp³-hybridized carbons (Fsp3) is 0.207. The average molecular weight is 535 g/mol. The Morgan fingerprint density at radius 3 is 2.24 bits per heavy atom. The van der Waals surface area contributed by atoms with Crippen LogP contribution in [0.3, 0.4) is 0 Å². The van der Waals surface area contributed by atoms with Gasteiger partial charge in [-0.25, -0.2) is 9.69 Å². The summed E-state index contributed by atoms with van der Waals surface area (Å²) in [5.74, 6) is 0.250. The van der Waals surface area contributed by atoms with Crippen LogP contribution in [-0.4, -0.2) is 37.7 Å². The Hall–Kier alpha value is -4.30. The number of para-hydroxylation sites is 1. The van der Waals surface area contributed by atoms with Gasteiger partial charge in [0, 0.05) is 5.02 Å². The first-order chi connectivity index (χ1) is 18.3. The second-order valence-electron chi connectivity index (χ2n) is 8.49. The Balaban J connectivity index is 1.51. The van der Waals surface area contributed by atoms with Gasteiger partial charge in [0.05, 0.1) is 12.3 Å². The molecule has 1 fully saturated rings. The molecule has 4 rings (SSSR count). The van der Waals surface area contributed by atoms with E-state index < -0.39 is 17.8 Å². The number of rotatable bonds is 9. The van der Waals surface area contributed by atoms with Crippen LogP contribution in [0.15, 0.2) is 66.2 Å². The topological polar surface area (TPSA) is 94.2 Å². The van der Waals surface area contributed by atoms with Crippen molar-refractivity contribution < 1.29 is 28.6 Å². The summed E-state index contributed by atoms with van der Waals surface area (Å²) in [6.45, 7) is 6.83. The van der Waals surface area contributed by atoms with Gasteiger partial charge in [-0.1, -0.05) is 35.9 Å². The zero-order chi connectivity index (χ0) is 27.2. The van der Waals surface area contributed by atoms with Crippen molar-refractivity contribution in [3.8, 4) is 17.2 Å². The minimum Gasteiger partial charge on any atom is -0.490 e. The number of anilines is 1. The molecule has 0 saturated carbocycles. The number of hydrogen-bond donors (Lipinski definition) is 1. The third-order valence-electron chi connectivity index (χ3n) is 5.76. The molecule has 0 aromatic heterocycles. The van der Waals surface area contributed by atoms with Gasteiger partial charge < -0.3 is 14.2 Å². The number of halogens is 1. The van der Waals surface area contributed by atoms with Gasteiger partial charge in [0.25, 0.3) is 11.8 Å². The molecule has 3 aromatic rings. The molecule has 0 atom stereocenters. The third kappa shape index (κ3) is 5.98. The first kappa shape index (κ1) is 26.8. The van der Waals surface area contributed by atoms with Crippen molar-refractivity contribution >= 4 is 41.2 Å². The van der Waals surface area contributed by atoms with Crippen molar-refractivity contribution in [2.75, 3.05) is 24.7 Å². The maximum atomic E-state index is 13.1. The van der Waals surface area contributed by atoms with E-state index in [1.165, 1.54) is 18.2 Å². The lowest BCUT2D eigenvalue weighted by Crippen LogP contribution is -2.54. The normalized spacial score (nSPS) is 14.5. The summed E-state index contributed by atoms with van der Waals surface area (Å²) in [7, 11) is 0. The van der Waals surface area contributed by atoms with Crippen LogP contribution in [0.25, 0.3) is 6.08 Å². The first-order valence-corrected chi connectivity index (χ1v) is 12.4. The van der Waals surface area contributed by atoms with E-state index in [0.717, 1.165) is 21.8 Å². The predicted octanol–water partition coefficient (Wildman–Crippen LogP) is 5.48. The number of benzene rings is 3. The summed E-state index contributed by atoms with van der Waals surface area (Å²) >= 11 is 5.92. The van der Waals surface area contributed by atoms with Crippen LogP contribution in [0, 0.1) is 13.8 Å². The van der Waals surface area contributed by atoms with Gasteiger partial charge in [-0.2, -0.15) is 0 Å². The molecule has 196 valence electrons. The molecular weight excluding hydrogens is 508 g/mol. The van der Waals surface area contributed by atoms with Gasteiger partial charge in [-0.15, -0.1) is 0 Å². The monoisotopic (exact) mass is 534 g/mol. The SMILES string of the molecule is CCOc1cc(/C=C2\C(=O)NC(=O)N(c3ccc(Cl)cc3)C2=O)ccc1OCCOc1c(C)cccc1C. The van der Waals surface area contributed by atoms with Crippen LogP contribution in [0.1, 0.15) is 23.6 Å². The van der Waals surface area contributed by atoms with E-state index in [2.05, 4.69) is 5.32 Å². The van der Waals surface area contributed by atoms with Gasteiger partial charge in [0.1, 0.15) is 24.5 Å². The number of nitrogens with zero attached hydrogens (tertiary/aromatic N) is 1. The average Bonchev–Trinajstić information content (AvgIpc) is 2.88. The molecule has 3 aromatic carbocycles. The minimum absolute atomic E-state index is 0.197. The minimum atomic E-state index is -0.832. The number of urea groups is 1. The van der Waals surface area contributed by atoms with Gasteiger partial charge >= 0.3 is 6.03 Å². The number of imide groups is 2. The van der Waals surface area contributed by atoms with E-state index in [0.29, 0.717) is 35.3 Å². The quantitative estimate of drug-likeness (QED) is 0.222. The summed E-state index contributed by atoms with van der Waals surface area (Å²) < 4.78 is 17.5. The highest BCUT2D eigenvalue weighted by molar-refractivity contribution is 6.39. The molecule has 9 heteroatoms. The molecule has 1 saturated heterocycles. The summed E-state index contributed by atoms with van der Waals surface area (Å²) in [5.41, 5.74) is 2.72. The number of nitrogens with one attached hydrogen (secondary N) is 1. The van der Waals surface area contributed by atoms with Gasteiger partial charge in [0.15, 0.2) is 11.5 Å².